The van der Waals surface area contributed by atoms with Crippen LogP contribution in [0.15, 0.2) is 48.5 Å². The second kappa shape index (κ2) is 10.5. The minimum Gasteiger partial charge on any atom is -0.495 e. The largest absolute Gasteiger partial charge is 0.495 e. The number of nitrogens with zero attached hydrogens (tertiary/aromatic N) is 2. The molecule has 31 heavy (non-hydrogen) atoms. The van der Waals surface area contributed by atoms with E-state index in [2.05, 4.69) is 15.9 Å². The highest BCUT2D eigenvalue weighted by Crippen LogP contribution is 2.28. The first kappa shape index (κ1) is 22.9. The molecule has 0 atom stereocenters. The number of ether oxygens (including phenoxy) is 2. The molecular formula is C22H28N2O6S. The van der Waals surface area contributed by atoms with E-state index in [4.69, 9.17) is 13.7 Å². The summed E-state index contributed by atoms with van der Waals surface area (Å²) in [5.41, 5.74) is 1.20. The van der Waals surface area contributed by atoms with Crippen molar-refractivity contribution in [3.05, 3.63) is 54.1 Å². The van der Waals surface area contributed by atoms with Crippen molar-refractivity contribution in [3.63, 3.8) is 0 Å². The molecule has 0 amide bonds. The Morgan fingerprint density at radius 1 is 0.968 bits per heavy atom. The second-order valence-electron chi connectivity index (χ2n) is 7.27. The molecule has 0 spiro atoms. The topological polar surface area (TPSA) is 85.4 Å². The fourth-order valence-electron chi connectivity index (χ4n) is 3.51. The van der Waals surface area contributed by atoms with Crippen molar-refractivity contribution in [1.82, 2.24) is 4.90 Å². The Kier molecular flexibility index (Phi) is 7.75. The quantitative estimate of drug-likeness (QED) is 0.328. The summed E-state index contributed by atoms with van der Waals surface area (Å²) < 4.78 is 38.4. The standard InChI is InChI=1S/C22H28N2O6S/c1-28-21-11-6-4-9-19(21)24-15-13-23(14-16-24)12-7-17-29-22(25)18-8-3-5-10-20(18)30-31(2,26)27/h3-6,8-11H,7,12-17H2,1-2H3. The summed E-state index contributed by atoms with van der Waals surface area (Å²) in [4.78, 5) is 17.0. The van der Waals surface area contributed by atoms with Crippen molar-refractivity contribution in [2.45, 2.75) is 6.42 Å². The monoisotopic (exact) mass is 448 g/mol. The third-order valence-electron chi connectivity index (χ3n) is 5.00. The van der Waals surface area contributed by atoms with Crippen LogP contribution < -0.4 is 13.8 Å². The van der Waals surface area contributed by atoms with E-state index in [-0.39, 0.29) is 17.9 Å². The van der Waals surface area contributed by atoms with Gasteiger partial charge in [-0.15, -0.1) is 0 Å². The summed E-state index contributed by atoms with van der Waals surface area (Å²) in [5, 5.41) is 0. The summed E-state index contributed by atoms with van der Waals surface area (Å²) in [6.45, 7) is 4.69. The van der Waals surface area contributed by atoms with Crippen LogP contribution >= 0.6 is 0 Å². The van der Waals surface area contributed by atoms with Crippen molar-refractivity contribution in [2.24, 2.45) is 0 Å². The predicted octanol–water partition coefficient (Wildman–Crippen LogP) is 2.40. The number of carbonyl (C=O) groups is 1. The Morgan fingerprint density at radius 3 is 2.29 bits per heavy atom. The molecular weight excluding hydrogens is 420 g/mol. The zero-order chi connectivity index (χ0) is 22.3. The minimum absolute atomic E-state index is 0.0255. The Morgan fingerprint density at radius 2 is 1.61 bits per heavy atom. The zero-order valence-corrected chi connectivity index (χ0v) is 18.6. The van der Waals surface area contributed by atoms with Gasteiger partial charge in [0.15, 0.2) is 5.75 Å². The van der Waals surface area contributed by atoms with Crippen LogP contribution in [0.25, 0.3) is 0 Å². The highest BCUT2D eigenvalue weighted by molar-refractivity contribution is 7.86. The summed E-state index contributed by atoms with van der Waals surface area (Å²) in [7, 11) is -2.05. The number of methoxy groups -OCH3 is 1. The first-order chi connectivity index (χ1) is 14.9. The van der Waals surface area contributed by atoms with E-state index in [1.807, 2.05) is 18.2 Å². The Balaban J connectivity index is 1.43. The molecule has 0 saturated carbocycles. The lowest BCUT2D eigenvalue weighted by Crippen LogP contribution is -2.46. The first-order valence-electron chi connectivity index (χ1n) is 10.1. The van der Waals surface area contributed by atoms with E-state index in [0.717, 1.165) is 50.4 Å². The number of anilines is 1. The summed E-state index contributed by atoms with van der Waals surface area (Å²) in [5.74, 6) is 0.255. The van der Waals surface area contributed by atoms with E-state index >= 15 is 0 Å². The normalized spacial score (nSPS) is 14.8. The molecule has 3 rings (SSSR count). The van der Waals surface area contributed by atoms with E-state index in [9.17, 15) is 13.2 Å². The number of carbonyl (C=O) groups excluding carboxylic acids is 1. The number of para-hydroxylation sites is 3. The van der Waals surface area contributed by atoms with Gasteiger partial charge in [-0.2, -0.15) is 8.42 Å². The molecule has 1 aliphatic rings. The smallest absolute Gasteiger partial charge is 0.341 e. The Labute approximate surface area is 183 Å². The molecule has 2 aromatic rings. The van der Waals surface area contributed by atoms with E-state index in [0.29, 0.717) is 6.42 Å². The Bertz CT molecular complexity index is 987. The Hall–Kier alpha value is -2.78. The van der Waals surface area contributed by atoms with E-state index in [1.54, 1.807) is 19.2 Å². The van der Waals surface area contributed by atoms with Crippen molar-refractivity contribution in [2.75, 3.05) is 57.6 Å². The molecule has 1 fully saturated rings. The molecule has 0 unspecified atom stereocenters. The minimum atomic E-state index is -3.73. The molecule has 0 aromatic heterocycles. The number of benzene rings is 2. The van der Waals surface area contributed by atoms with Crippen LogP contribution in [-0.2, 0) is 14.9 Å². The molecule has 2 aromatic carbocycles. The van der Waals surface area contributed by atoms with Gasteiger partial charge < -0.3 is 18.6 Å². The van der Waals surface area contributed by atoms with Crippen molar-refractivity contribution < 1.29 is 26.9 Å². The number of hydrogen-bond acceptors (Lipinski definition) is 8. The highest BCUT2D eigenvalue weighted by Gasteiger charge is 2.20. The zero-order valence-electron chi connectivity index (χ0n) is 17.8. The molecule has 168 valence electrons. The van der Waals surface area contributed by atoms with Gasteiger partial charge in [0.25, 0.3) is 0 Å². The maximum Gasteiger partial charge on any atom is 0.341 e. The summed E-state index contributed by atoms with van der Waals surface area (Å²) in [6, 6.07) is 14.2. The van der Waals surface area contributed by atoms with Crippen LogP contribution in [-0.4, -0.2) is 72.0 Å². The lowest BCUT2D eigenvalue weighted by Gasteiger charge is -2.36. The molecule has 9 heteroatoms. The maximum absolute atomic E-state index is 12.3. The van der Waals surface area contributed by atoms with Crippen LogP contribution in [0.2, 0.25) is 0 Å². The molecule has 8 nitrogen and oxygen atoms in total. The van der Waals surface area contributed by atoms with E-state index in [1.165, 1.54) is 12.1 Å². The van der Waals surface area contributed by atoms with Crippen LogP contribution in [0.3, 0.4) is 0 Å². The van der Waals surface area contributed by atoms with Gasteiger partial charge in [0.05, 0.1) is 25.7 Å². The molecule has 1 heterocycles. The van der Waals surface area contributed by atoms with Crippen LogP contribution in [0.1, 0.15) is 16.8 Å². The number of piperazine rings is 1. The average Bonchev–Trinajstić information content (AvgIpc) is 2.76. The van der Waals surface area contributed by atoms with Crippen molar-refractivity contribution >= 4 is 21.8 Å². The number of hydrogen-bond donors (Lipinski definition) is 0. The van der Waals surface area contributed by atoms with Gasteiger partial charge in [-0.1, -0.05) is 24.3 Å². The van der Waals surface area contributed by atoms with Crippen molar-refractivity contribution in [1.29, 1.82) is 0 Å². The average molecular weight is 449 g/mol. The molecule has 0 N–H and O–H groups in total. The van der Waals surface area contributed by atoms with Gasteiger partial charge in [-0.25, -0.2) is 4.79 Å². The third-order valence-corrected chi connectivity index (χ3v) is 5.48. The van der Waals surface area contributed by atoms with Crippen LogP contribution in [0.5, 0.6) is 11.5 Å². The van der Waals surface area contributed by atoms with Gasteiger partial charge >= 0.3 is 16.1 Å². The molecule has 0 aliphatic carbocycles. The lowest BCUT2D eigenvalue weighted by atomic mass is 10.2. The lowest BCUT2D eigenvalue weighted by molar-refractivity contribution is 0.0485. The van der Waals surface area contributed by atoms with Crippen molar-refractivity contribution in [3.8, 4) is 11.5 Å². The van der Waals surface area contributed by atoms with Crippen LogP contribution in [0.4, 0.5) is 5.69 Å². The SMILES string of the molecule is COc1ccccc1N1CCN(CCCOC(=O)c2ccccc2OS(C)(=O)=O)CC1. The first-order valence-corrected chi connectivity index (χ1v) is 11.9. The number of esters is 1. The molecule has 0 radical (unpaired) electrons. The second-order valence-corrected chi connectivity index (χ2v) is 8.85. The summed E-state index contributed by atoms with van der Waals surface area (Å²) >= 11 is 0. The fraction of sp³-hybridized carbons (Fsp3) is 0.409. The highest BCUT2D eigenvalue weighted by atomic mass is 32.2. The van der Waals surface area contributed by atoms with Crippen LogP contribution in [0, 0.1) is 0 Å². The number of rotatable bonds is 9. The maximum atomic E-state index is 12.3. The van der Waals surface area contributed by atoms with Gasteiger partial charge in [-0.3, -0.25) is 4.90 Å². The van der Waals surface area contributed by atoms with Gasteiger partial charge in [0.2, 0.25) is 0 Å². The summed E-state index contributed by atoms with van der Waals surface area (Å²) in [6.07, 6.45) is 1.62. The molecule has 1 aliphatic heterocycles. The van der Waals surface area contributed by atoms with Gasteiger partial charge in [0.1, 0.15) is 11.3 Å². The van der Waals surface area contributed by atoms with E-state index < -0.39 is 16.1 Å². The third kappa shape index (κ3) is 6.60. The van der Waals surface area contributed by atoms with Gasteiger partial charge in [0, 0.05) is 32.7 Å². The fourth-order valence-corrected chi connectivity index (χ4v) is 3.98. The molecule has 0 bridgehead atoms. The molecule has 1 saturated heterocycles. The predicted molar refractivity (Wildman–Crippen MR) is 118 cm³/mol. The van der Waals surface area contributed by atoms with Gasteiger partial charge in [-0.05, 0) is 30.7 Å².